The normalized spacial score (nSPS) is 22.4. The number of aliphatic hydroxyl groups is 1. The number of fused-ring (bicyclic) bond motifs is 3. The van der Waals surface area contributed by atoms with Crippen molar-refractivity contribution in [3.05, 3.63) is 17.2 Å². The molecule has 0 radical (unpaired) electrons. The predicted molar refractivity (Wildman–Crippen MR) is 60.4 cm³/mol. The third-order valence-corrected chi connectivity index (χ3v) is 3.36. The van der Waals surface area contributed by atoms with E-state index < -0.39 is 6.23 Å². The lowest BCUT2D eigenvalue weighted by atomic mass is 9.96. The van der Waals surface area contributed by atoms with Crippen molar-refractivity contribution in [2.24, 2.45) is 0 Å². The Bertz CT molecular complexity index is 460. The van der Waals surface area contributed by atoms with Gasteiger partial charge in [-0.2, -0.15) is 0 Å². The fraction of sp³-hybridized carbons (Fsp3) is 0.500. The SMILES string of the molecule is COc1cc2c(c3c1OCO3)[C@H](O)N(C)CC2. The first-order valence-corrected chi connectivity index (χ1v) is 5.60. The van der Waals surface area contributed by atoms with Gasteiger partial charge < -0.3 is 19.3 Å². The van der Waals surface area contributed by atoms with Crippen LogP contribution in [0.3, 0.4) is 0 Å². The van der Waals surface area contributed by atoms with Gasteiger partial charge in [-0.25, -0.2) is 0 Å². The van der Waals surface area contributed by atoms with Crippen molar-refractivity contribution in [1.82, 2.24) is 4.90 Å². The lowest BCUT2D eigenvalue weighted by Crippen LogP contribution is -2.32. The Morgan fingerprint density at radius 3 is 2.94 bits per heavy atom. The molecule has 5 nitrogen and oxygen atoms in total. The van der Waals surface area contributed by atoms with Gasteiger partial charge in [-0.05, 0) is 25.1 Å². The standard InChI is InChI=1S/C12H15NO4/c1-13-4-3-7-5-8(15-2)10-11(17-6-16-10)9(7)12(13)14/h5,12,14H,3-4,6H2,1-2H3/t12-/m0/s1. The van der Waals surface area contributed by atoms with Crippen LogP contribution in [0.1, 0.15) is 17.4 Å². The highest BCUT2D eigenvalue weighted by molar-refractivity contribution is 5.61. The van der Waals surface area contributed by atoms with Crippen molar-refractivity contribution in [2.75, 3.05) is 27.5 Å². The summed E-state index contributed by atoms with van der Waals surface area (Å²) in [5.74, 6) is 1.90. The molecule has 1 N–H and O–H groups in total. The molecule has 0 aromatic heterocycles. The van der Waals surface area contributed by atoms with Gasteiger partial charge in [-0.1, -0.05) is 0 Å². The van der Waals surface area contributed by atoms with Crippen LogP contribution < -0.4 is 14.2 Å². The first-order chi connectivity index (χ1) is 8.22. The zero-order chi connectivity index (χ0) is 12.0. The molecular formula is C12H15NO4. The van der Waals surface area contributed by atoms with Crippen LogP contribution in [0, 0.1) is 0 Å². The Morgan fingerprint density at radius 2 is 2.18 bits per heavy atom. The van der Waals surface area contributed by atoms with Gasteiger partial charge >= 0.3 is 0 Å². The minimum atomic E-state index is -0.639. The first kappa shape index (κ1) is 10.7. The third-order valence-electron chi connectivity index (χ3n) is 3.36. The molecule has 0 saturated carbocycles. The summed E-state index contributed by atoms with van der Waals surface area (Å²) in [6.07, 6.45) is 0.232. The maximum Gasteiger partial charge on any atom is 0.231 e. The molecule has 0 bridgehead atoms. The van der Waals surface area contributed by atoms with Crippen molar-refractivity contribution in [1.29, 1.82) is 0 Å². The van der Waals surface area contributed by atoms with Crippen molar-refractivity contribution in [3.63, 3.8) is 0 Å². The smallest absolute Gasteiger partial charge is 0.231 e. The first-order valence-electron chi connectivity index (χ1n) is 5.60. The molecule has 0 saturated heterocycles. The zero-order valence-corrected chi connectivity index (χ0v) is 9.90. The topological polar surface area (TPSA) is 51.2 Å². The molecule has 0 amide bonds. The van der Waals surface area contributed by atoms with Gasteiger partial charge in [0.05, 0.1) is 7.11 Å². The summed E-state index contributed by atoms with van der Waals surface area (Å²) in [5, 5.41) is 10.2. The molecule has 1 aromatic rings. The molecule has 2 aliphatic rings. The van der Waals surface area contributed by atoms with E-state index in [4.69, 9.17) is 14.2 Å². The van der Waals surface area contributed by atoms with E-state index in [2.05, 4.69) is 0 Å². The van der Waals surface area contributed by atoms with E-state index in [0.29, 0.717) is 17.2 Å². The predicted octanol–water partition coefficient (Wildman–Crippen LogP) is 0.903. The fourth-order valence-corrected chi connectivity index (χ4v) is 2.39. The van der Waals surface area contributed by atoms with Crippen LogP contribution in [0.5, 0.6) is 17.2 Å². The second-order valence-corrected chi connectivity index (χ2v) is 4.32. The maximum atomic E-state index is 10.2. The van der Waals surface area contributed by atoms with Crippen molar-refractivity contribution in [3.8, 4) is 17.2 Å². The quantitative estimate of drug-likeness (QED) is 0.786. The molecule has 0 spiro atoms. The summed E-state index contributed by atoms with van der Waals surface area (Å²) in [6.45, 7) is 0.996. The molecule has 92 valence electrons. The van der Waals surface area contributed by atoms with E-state index in [1.807, 2.05) is 18.0 Å². The van der Waals surface area contributed by atoms with Crippen LogP contribution >= 0.6 is 0 Å². The van der Waals surface area contributed by atoms with Crippen LogP contribution in [-0.4, -0.2) is 37.5 Å². The van der Waals surface area contributed by atoms with Gasteiger partial charge in [0.1, 0.15) is 6.23 Å². The average Bonchev–Trinajstić information content (AvgIpc) is 2.81. The Hall–Kier alpha value is -1.46. The van der Waals surface area contributed by atoms with Crippen LogP contribution in [0.2, 0.25) is 0 Å². The van der Waals surface area contributed by atoms with E-state index in [1.165, 1.54) is 0 Å². The number of rotatable bonds is 1. The summed E-state index contributed by atoms with van der Waals surface area (Å²) < 4.78 is 16.1. The number of benzene rings is 1. The number of ether oxygens (including phenoxy) is 3. The molecule has 5 heteroatoms. The fourth-order valence-electron chi connectivity index (χ4n) is 2.39. The summed E-state index contributed by atoms with van der Waals surface area (Å²) in [4.78, 5) is 1.89. The van der Waals surface area contributed by atoms with Crippen molar-refractivity contribution in [2.45, 2.75) is 12.6 Å². The lowest BCUT2D eigenvalue weighted by molar-refractivity contribution is 0.0105. The molecule has 0 unspecified atom stereocenters. The molecule has 1 atom stereocenters. The van der Waals surface area contributed by atoms with Gasteiger partial charge in [0, 0.05) is 12.1 Å². The van der Waals surface area contributed by atoms with Gasteiger partial charge in [0.15, 0.2) is 11.5 Å². The number of likely N-dealkylation sites (N-methyl/N-ethyl adjacent to an activating group) is 1. The van der Waals surface area contributed by atoms with Crippen molar-refractivity contribution < 1.29 is 19.3 Å². The van der Waals surface area contributed by atoms with E-state index in [0.717, 1.165) is 24.1 Å². The van der Waals surface area contributed by atoms with Crippen LogP contribution in [0.15, 0.2) is 6.07 Å². The van der Waals surface area contributed by atoms with Gasteiger partial charge in [0.2, 0.25) is 12.5 Å². The number of aliphatic hydroxyl groups excluding tert-OH is 1. The monoisotopic (exact) mass is 237 g/mol. The van der Waals surface area contributed by atoms with Crippen LogP contribution in [-0.2, 0) is 6.42 Å². The average molecular weight is 237 g/mol. The minimum Gasteiger partial charge on any atom is -0.493 e. The van der Waals surface area contributed by atoms with Gasteiger partial charge in [-0.3, -0.25) is 4.90 Å². The summed E-state index contributed by atoms with van der Waals surface area (Å²) >= 11 is 0. The van der Waals surface area contributed by atoms with Crippen LogP contribution in [0.25, 0.3) is 0 Å². The molecule has 2 aliphatic heterocycles. The van der Waals surface area contributed by atoms with E-state index in [9.17, 15) is 5.11 Å². The molecule has 3 rings (SSSR count). The largest absolute Gasteiger partial charge is 0.493 e. The third kappa shape index (κ3) is 1.46. The molecule has 2 heterocycles. The summed E-state index contributed by atoms with van der Waals surface area (Å²) in [5.41, 5.74) is 1.88. The Kier molecular flexibility index (Phi) is 2.38. The lowest BCUT2D eigenvalue weighted by Gasteiger charge is -2.31. The van der Waals surface area contributed by atoms with E-state index in [1.54, 1.807) is 7.11 Å². The molecular weight excluding hydrogens is 222 g/mol. The Balaban J connectivity index is 2.19. The maximum absolute atomic E-state index is 10.2. The summed E-state index contributed by atoms with van der Waals surface area (Å²) in [6, 6.07) is 1.93. The number of methoxy groups -OCH3 is 1. The highest BCUT2D eigenvalue weighted by Gasteiger charge is 2.33. The highest BCUT2D eigenvalue weighted by atomic mass is 16.7. The number of nitrogens with zero attached hydrogens (tertiary/aromatic N) is 1. The Labute approximate surface area is 99.5 Å². The molecule has 1 aromatic carbocycles. The molecule has 0 fully saturated rings. The highest BCUT2D eigenvalue weighted by Crippen LogP contribution is 2.48. The molecule has 17 heavy (non-hydrogen) atoms. The molecule has 0 aliphatic carbocycles. The van der Waals surface area contributed by atoms with Crippen molar-refractivity contribution >= 4 is 0 Å². The Morgan fingerprint density at radius 1 is 1.41 bits per heavy atom. The number of hydrogen-bond donors (Lipinski definition) is 1. The van der Waals surface area contributed by atoms with Gasteiger partial charge in [-0.15, -0.1) is 0 Å². The second kappa shape index (κ2) is 3.78. The van der Waals surface area contributed by atoms with Gasteiger partial charge in [0.25, 0.3) is 0 Å². The summed E-state index contributed by atoms with van der Waals surface area (Å²) in [7, 11) is 3.50. The second-order valence-electron chi connectivity index (χ2n) is 4.32. The van der Waals surface area contributed by atoms with E-state index >= 15 is 0 Å². The van der Waals surface area contributed by atoms with Crippen LogP contribution in [0.4, 0.5) is 0 Å². The zero-order valence-electron chi connectivity index (χ0n) is 9.90. The number of hydrogen-bond acceptors (Lipinski definition) is 5. The minimum absolute atomic E-state index is 0.179. The van der Waals surface area contributed by atoms with E-state index in [-0.39, 0.29) is 6.79 Å².